The molecule has 0 aliphatic carbocycles. The maximum Gasteiger partial charge on any atom is 0.246 e. The van der Waals surface area contributed by atoms with Crippen molar-refractivity contribution in [2.75, 3.05) is 0 Å². The van der Waals surface area contributed by atoms with Crippen molar-refractivity contribution in [3.63, 3.8) is 0 Å². The highest BCUT2D eigenvalue weighted by molar-refractivity contribution is 6.31. The van der Waals surface area contributed by atoms with Crippen LogP contribution in [0.25, 0.3) is 0 Å². The number of nitrogens with two attached hydrogens (primary N) is 1. The first kappa shape index (κ1) is 13.0. The van der Waals surface area contributed by atoms with E-state index in [4.69, 9.17) is 17.3 Å². The molecule has 1 aromatic carbocycles. The van der Waals surface area contributed by atoms with Crippen LogP contribution in [0.3, 0.4) is 0 Å². The molecule has 1 fully saturated rings. The van der Waals surface area contributed by atoms with Crippen LogP contribution < -0.4 is 5.73 Å². The molecule has 2 N–H and O–H groups in total. The average molecular weight is 271 g/mol. The van der Waals surface area contributed by atoms with Crippen molar-refractivity contribution < 1.29 is 14.0 Å². The molecule has 1 aliphatic heterocycles. The number of hydrogen-bond donors (Lipinski definition) is 1. The van der Waals surface area contributed by atoms with Crippen molar-refractivity contribution in [1.82, 2.24) is 4.90 Å². The summed E-state index contributed by atoms with van der Waals surface area (Å²) in [4.78, 5) is 24.5. The fourth-order valence-electron chi connectivity index (χ4n) is 1.85. The maximum absolute atomic E-state index is 12.9. The third-order valence-corrected chi connectivity index (χ3v) is 3.25. The lowest BCUT2D eigenvalue weighted by atomic mass is 10.0. The molecule has 6 heteroatoms. The summed E-state index contributed by atoms with van der Waals surface area (Å²) in [5, 5.41) is 0.190. The molecule has 1 heterocycles. The fourth-order valence-corrected chi connectivity index (χ4v) is 2.07. The van der Waals surface area contributed by atoms with Gasteiger partial charge < -0.3 is 5.73 Å². The second-order valence-electron chi connectivity index (χ2n) is 4.20. The van der Waals surface area contributed by atoms with Crippen LogP contribution in [-0.4, -0.2) is 22.8 Å². The number of rotatable bonds is 2. The maximum atomic E-state index is 12.9. The van der Waals surface area contributed by atoms with Gasteiger partial charge >= 0.3 is 0 Å². The molecule has 96 valence electrons. The van der Waals surface area contributed by atoms with E-state index < -0.39 is 17.8 Å². The van der Waals surface area contributed by atoms with Gasteiger partial charge in [-0.15, -0.1) is 0 Å². The summed E-state index contributed by atoms with van der Waals surface area (Å²) in [6, 6.07) is 3.19. The Kier molecular flexibility index (Phi) is 3.63. The molecule has 0 saturated carbocycles. The Labute approximate surface area is 109 Å². The number of carbonyl (C=O) groups is 2. The Morgan fingerprint density at radius 2 is 2.17 bits per heavy atom. The molecular formula is C12H12ClFN2O2. The molecule has 1 aliphatic rings. The van der Waals surface area contributed by atoms with Crippen molar-refractivity contribution in [1.29, 1.82) is 0 Å². The zero-order valence-corrected chi connectivity index (χ0v) is 10.3. The monoisotopic (exact) mass is 270 g/mol. The van der Waals surface area contributed by atoms with Gasteiger partial charge in [0.1, 0.15) is 5.82 Å². The topological polar surface area (TPSA) is 63.4 Å². The van der Waals surface area contributed by atoms with Gasteiger partial charge in [-0.2, -0.15) is 0 Å². The molecular weight excluding hydrogens is 259 g/mol. The van der Waals surface area contributed by atoms with Crippen LogP contribution in [0.4, 0.5) is 4.39 Å². The number of nitrogens with zero attached hydrogens (tertiary/aromatic N) is 1. The first-order valence-electron chi connectivity index (χ1n) is 5.53. The normalized spacial score (nSPS) is 20.4. The predicted molar refractivity (Wildman–Crippen MR) is 64.2 cm³/mol. The van der Waals surface area contributed by atoms with E-state index in [9.17, 15) is 14.0 Å². The standard InChI is InChI=1S/C12H12ClFN2O2/c13-9-5-8(14)2-1-7(9)6-16-11(17)4-3-10(15)12(16)18/h1-2,5,10H,3-4,6,15H2. The van der Waals surface area contributed by atoms with Crippen molar-refractivity contribution in [2.45, 2.75) is 25.4 Å². The van der Waals surface area contributed by atoms with E-state index in [2.05, 4.69) is 0 Å². The molecule has 1 aromatic rings. The summed E-state index contributed by atoms with van der Waals surface area (Å²) in [5.41, 5.74) is 6.13. The van der Waals surface area contributed by atoms with Gasteiger partial charge in [-0.25, -0.2) is 4.39 Å². The van der Waals surface area contributed by atoms with Crippen molar-refractivity contribution in [3.05, 3.63) is 34.6 Å². The number of amides is 2. The van der Waals surface area contributed by atoms with E-state index in [0.29, 0.717) is 12.0 Å². The molecule has 18 heavy (non-hydrogen) atoms. The zero-order valence-electron chi connectivity index (χ0n) is 9.53. The van der Waals surface area contributed by atoms with E-state index in [0.717, 1.165) is 11.0 Å². The second kappa shape index (κ2) is 5.04. The second-order valence-corrected chi connectivity index (χ2v) is 4.61. The van der Waals surface area contributed by atoms with Gasteiger partial charge in [0.2, 0.25) is 11.8 Å². The van der Waals surface area contributed by atoms with Crippen LogP contribution in [0.2, 0.25) is 5.02 Å². The SMILES string of the molecule is NC1CCC(=O)N(Cc2ccc(F)cc2Cl)C1=O. The lowest BCUT2D eigenvalue weighted by Gasteiger charge is -2.28. The van der Waals surface area contributed by atoms with Gasteiger partial charge in [-0.1, -0.05) is 17.7 Å². The van der Waals surface area contributed by atoms with E-state index >= 15 is 0 Å². The summed E-state index contributed by atoms with van der Waals surface area (Å²) in [6.45, 7) is 0.0322. The third-order valence-electron chi connectivity index (χ3n) is 2.90. The van der Waals surface area contributed by atoms with Crippen LogP contribution in [0.5, 0.6) is 0 Å². The zero-order chi connectivity index (χ0) is 13.3. The van der Waals surface area contributed by atoms with Gasteiger partial charge in [0, 0.05) is 11.4 Å². The molecule has 2 amide bonds. The van der Waals surface area contributed by atoms with E-state index in [1.165, 1.54) is 12.1 Å². The van der Waals surface area contributed by atoms with E-state index in [-0.39, 0.29) is 23.9 Å². The first-order valence-corrected chi connectivity index (χ1v) is 5.90. The number of imide groups is 1. The highest BCUT2D eigenvalue weighted by Gasteiger charge is 2.32. The summed E-state index contributed by atoms with van der Waals surface area (Å²) >= 11 is 5.86. The molecule has 0 bridgehead atoms. The fraction of sp³-hybridized carbons (Fsp3) is 0.333. The lowest BCUT2D eigenvalue weighted by molar-refractivity contribution is -0.149. The molecule has 2 rings (SSSR count). The Bertz CT molecular complexity index is 507. The summed E-state index contributed by atoms with van der Waals surface area (Å²) in [6.07, 6.45) is 0.608. The minimum Gasteiger partial charge on any atom is -0.320 e. The number of hydrogen-bond acceptors (Lipinski definition) is 3. The van der Waals surface area contributed by atoms with E-state index in [1.807, 2.05) is 0 Å². The van der Waals surface area contributed by atoms with Gasteiger partial charge in [-0.3, -0.25) is 14.5 Å². The number of halogens is 2. The van der Waals surface area contributed by atoms with Gasteiger partial charge in [0.25, 0.3) is 0 Å². The minimum absolute atomic E-state index is 0.0322. The van der Waals surface area contributed by atoms with Crippen molar-refractivity contribution >= 4 is 23.4 Å². The van der Waals surface area contributed by atoms with Crippen LogP contribution >= 0.6 is 11.6 Å². The number of benzene rings is 1. The first-order chi connectivity index (χ1) is 8.49. The Morgan fingerprint density at radius 3 is 2.83 bits per heavy atom. The van der Waals surface area contributed by atoms with Crippen LogP contribution in [0.1, 0.15) is 18.4 Å². The van der Waals surface area contributed by atoms with Gasteiger partial charge in [0.05, 0.1) is 12.6 Å². The average Bonchev–Trinajstić information content (AvgIpc) is 2.32. The third kappa shape index (κ3) is 2.52. The van der Waals surface area contributed by atoms with Crippen molar-refractivity contribution in [2.24, 2.45) is 5.73 Å². The largest absolute Gasteiger partial charge is 0.320 e. The quantitative estimate of drug-likeness (QED) is 0.828. The summed E-state index contributed by atoms with van der Waals surface area (Å²) in [5.74, 6) is -1.15. The lowest BCUT2D eigenvalue weighted by Crippen LogP contribution is -2.50. The van der Waals surface area contributed by atoms with Crippen LogP contribution in [0.15, 0.2) is 18.2 Å². The van der Waals surface area contributed by atoms with E-state index in [1.54, 1.807) is 0 Å². The highest BCUT2D eigenvalue weighted by Crippen LogP contribution is 2.21. The molecule has 0 aromatic heterocycles. The van der Waals surface area contributed by atoms with Crippen LogP contribution in [-0.2, 0) is 16.1 Å². The highest BCUT2D eigenvalue weighted by atomic mass is 35.5. The number of carbonyl (C=O) groups excluding carboxylic acids is 2. The molecule has 0 spiro atoms. The smallest absolute Gasteiger partial charge is 0.246 e. The predicted octanol–water partition coefficient (Wildman–Crippen LogP) is 1.46. The Morgan fingerprint density at radius 1 is 1.44 bits per heavy atom. The molecule has 1 atom stereocenters. The molecule has 0 radical (unpaired) electrons. The molecule has 4 nitrogen and oxygen atoms in total. The molecule has 1 unspecified atom stereocenters. The minimum atomic E-state index is -0.651. The summed E-state index contributed by atoms with van der Waals surface area (Å²) in [7, 11) is 0. The van der Waals surface area contributed by atoms with Gasteiger partial charge in [-0.05, 0) is 24.1 Å². The molecule has 1 saturated heterocycles. The number of piperidine rings is 1. The van der Waals surface area contributed by atoms with Gasteiger partial charge in [0.15, 0.2) is 0 Å². The Balaban J connectivity index is 2.21. The van der Waals surface area contributed by atoms with Crippen LogP contribution in [0, 0.1) is 5.82 Å². The Hall–Kier alpha value is -1.46. The van der Waals surface area contributed by atoms with Crippen molar-refractivity contribution in [3.8, 4) is 0 Å². The summed E-state index contributed by atoms with van der Waals surface area (Å²) < 4.78 is 12.9. The number of likely N-dealkylation sites (tertiary alicyclic amines) is 1.